The van der Waals surface area contributed by atoms with Gasteiger partial charge >= 0.3 is 11.9 Å². The van der Waals surface area contributed by atoms with Gasteiger partial charge in [-0.15, -0.1) is 0 Å². The number of pyridine rings is 2. The van der Waals surface area contributed by atoms with Gasteiger partial charge in [0.1, 0.15) is 0 Å². The van der Waals surface area contributed by atoms with Crippen molar-refractivity contribution in [2.45, 2.75) is 88.4 Å². The fourth-order valence-corrected chi connectivity index (χ4v) is 9.02. The molecule has 6 aromatic rings. The Morgan fingerprint density at radius 2 is 0.983 bits per heavy atom. The molecular formula is C50H48N4O4. The standard InChI is InChI=1S/2C25H24N2O2/c2*28-25(29)23-11-12-26-14-18(23)8-10-24-22-9-7-17(13-19(22)15-27-24)21-4-2-1-3-20(21)16-5-6-16/h2*1-4,7,9,11-14,16,24,27H,5-6,8,10,15H2,(H,28,29)/t2*24-/m10/s1. The molecule has 2 atom stereocenters. The molecule has 4 N–H and O–H groups in total. The maximum absolute atomic E-state index is 11.4. The van der Waals surface area contributed by atoms with Gasteiger partial charge in [0.25, 0.3) is 0 Å². The summed E-state index contributed by atoms with van der Waals surface area (Å²) in [6, 6.07) is 34.9. The topological polar surface area (TPSA) is 124 Å². The highest BCUT2D eigenvalue weighted by atomic mass is 16.4. The first-order chi connectivity index (χ1) is 28.4. The number of nitrogens with zero attached hydrogens (tertiary/aromatic N) is 2. The van der Waals surface area contributed by atoms with Gasteiger partial charge in [-0.2, -0.15) is 0 Å². The highest BCUT2D eigenvalue weighted by Gasteiger charge is 2.29. The number of hydrogen-bond donors (Lipinski definition) is 4. The number of benzene rings is 4. The minimum absolute atomic E-state index is 0.250. The normalized spacial score (nSPS) is 17.9. The SMILES string of the molecule is O=C(O)c1ccncc1CC[C@@H]1NCc2cc(-c3ccccc3C3CC3)ccc21.O=C(O)c1ccncc1CC[C@H]1NCc2cc(-c3ccccc3C3CC3)ccc21. The maximum atomic E-state index is 11.4. The van der Waals surface area contributed by atoms with E-state index in [1.54, 1.807) is 24.5 Å². The lowest BCUT2D eigenvalue weighted by molar-refractivity contribution is 0.0684. The Hall–Kier alpha value is -5.96. The van der Waals surface area contributed by atoms with Crippen LogP contribution < -0.4 is 10.6 Å². The van der Waals surface area contributed by atoms with Crippen LogP contribution in [-0.2, 0) is 25.9 Å². The Kier molecular flexibility index (Phi) is 10.7. The number of carboxylic acid groups (broad SMARTS) is 2. The van der Waals surface area contributed by atoms with E-state index in [-0.39, 0.29) is 12.1 Å². The zero-order chi connectivity index (χ0) is 39.6. The van der Waals surface area contributed by atoms with Crippen LogP contribution in [0.25, 0.3) is 22.3 Å². The predicted molar refractivity (Wildman–Crippen MR) is 226 cm³/mol. The molecule has 2 aromatic heterocycles. The van der Waals surface area contributed by atoms with Crippen molar-refractivity contribution >= 4 is 11.9 Å². The highest BCUT2D eigenvalue weighted by molar-refractivity contribution is 5.89. The number of nitrogens with one attached hydrogen (secondary N) is 2. The molecule has 0 amide bonds. The van der Waals surface area contributed by atoms with Gasteiger partial charge in [-0.1, -0.05) is 72.8 Å². The molecule has 0 spiro atoms. The van der Waals surface area contributed by atoms with Crippen LogP contribution >= 0.6 is 0 Å². The van der Waals surface area contributed by atoms with Crippen molar-refractivity contribution in [1.29, 1.82) is 0 Å². The van der Waals surface area contributed by atoms with E-state index in [1.807, 2.05) is 0 Å². The van der Waals surface area contributed by atoms with Crippen LogP contribution in [-0.4, -0.2) is 32.1 Å². The number of hydrogen-bond acceptors (Lipinski definition) is 6. The molecule has 8 nitrogen and oxygen atoms in total. The van der Waals surface area contributed by atoms with Crippen LogP contribution in [0.15, 0.2) is 122 Å². The Morgan fingerprint density at radius 1 is 0.552 bits per heavy atom. The van der Waals surface area contributed by atoms with E-state index >= 15 is 0 Å². The summed E-state index contributed by atoms with van der Waals surface area (Å²) >= 11 is 0. The minimum Gasteiger partial charge on any atom is -0.478 e. The lowest BCUT2D eigenvalue weighted by Crippen LogP contribution is -2.13. The van der Waals surface area contributed by atoms with Crippen LogP contribution in [0.1, 0.15) is 128 Å². The molecule has 2 aliphatic heterocycles. The first-order valence-electron chi connectivity index (χ1n) is 20.6. The van der Waals surface area contributed by atoms with Gasteiger partial charge in [0.15, 0.2) is 0 Å². The molecule has 58 heavy (non-hydrogen) atoms. The summed E-state index contributed by atoms with van der Waals surface area (Å²) in [5.74, 6) is -0.316. The van der Waals surface area contributed by atoms with Gasteiger partial charge < -0.3 is 20.8 Å². The predicted octanol–water partition coefficient (Wildman–Crippen LogP) is 10.2. The van der Waals surface area contributed by atoms with E-state index in [1.165, 1.54) is 93.7 Å². The van der Waals surface area contributed by atoms with Gasteiger partial charge in [0, 0.05) is 50.0 Å². The Morgan fingerprint density at radius 3 is 1.40 bits per heavy atom. The Labute approximate surface area is 339 Å². The number of aromatic nitrogens is 2. The first-order valence-corrected chi connectivity index (χ1v) is 20.6. The summed E-state index contributed by atoms with van der Waals surface area (Å²) in [6.45, 7) is 1.72. The number of fused-ring (bicyclic) bond motifs is 2. The van der Waals surface area contributed by atoms with Gasteiger partial charge in [0.2, 0.25) is 0 Å². The minimum atomic E-state index is -0.888. The van der Waals surface area contributed by atoms with E-state index in [2.05, 4.69) is 106 Å². The molecule has 0 unspecified atom stereocenters. The lowest BCUT2D eigenvalue weighted by atomic mass is 9.92. The number of rotatable bonds is 12. The van der Waals surface area contributed by atoms with E-state index in [9.17, 15) is 19.8 Å². The van der Waals surface area contributed by atoms with E-state index in [0.29, 0.717) is 24.0 Å². The fourth-order valence-electron chi connectivity index (χ4n) is 9.02. The molecule has 292 valence electrons. The molecule has 4 aromatic carbocycles. The van der Waals surface area contributed by atoms with Crippen molar-refractivity contribution < 1.29 is 19.8 Å². The van der Waals surface area contributed by atoms with Gasteiger partial charge in [-0.25, -0.2) is 9.59 Å². The average Bonchev–Trinajstić information content (AvgIpc) is 4.21. The molecule has 10 rings (SSSR count). The summed E-state index contributed by atoms with van der Waals surface area (Å²) < 4.78 is 0. The Bertz CT molecular complexity index is 2320. The Balaban J connectivity index is 0.000000150. The molecule has 2 saturated carbocycles. The summed E-state index contributed by atoms with van der Waals surface area (Å²) in [5, 5.41) is 26.0. The van der Waals surface area contributed by atoms with Crippen LogP contribution in [0.2, 0.25) is 0 Å². The third kappa shape index (κ3) is 8.08. The van der Waals surface area contributed by atoms with Crippen molar-refractivity contribution in [2.75, 3.05) is 0 Å². The number of carboxylic acids is 2. The third-order valence-corrected chi connectivity index (χ3v) is 12.4. The highest BCUT2D eigenvalue weighted by Crippen LogP contribution is 2.46. The molecule has 8 heteroatoms. The van der Waals surface area contributed by atoms with Crippen molar-refractivity contribution in [3.05, 3.63) is 177 Å². The van der Waals surface area contributed by atoms with E-state index in [0.717, 1.165) is 48.9 Å². The molecule has 4 heterocycles. The molecular weight excluding hydrogens is 721 g/mol. The zero-order valence-electron chi connectivity index (χ0n) is 32.5. The second kappa shape index (κ2) is 16.5. The number of aryl methyl sites for hydroxylation is 2. The van der Waals surface area contributed by atoms with Crippen molar-refractivity contribution in [2.24, 2.45) is 0 Å². The first kappa shape index (κ1) is 37.6. The molecule has 0 radical (unpaired) electrons. The van der Waals surface area contributed by atoms with E-state index in [4.69, 9.17) is 0 Å². The fraction of sp³-hybridized carbons (Fsp3) is 0.280. The van der Waals surface area contributed by atoms with Gasteiger partial charge in [-0.05, 0) is 154 Å². The summed E-state index contributed by atoms with van der Waals surface area (Å²) in [6.07, 6.45) is 14.8. The van der Waals surface area contributed by atoms with Crippen LogP contribution in [0.4, 0.5) is 0 Å². The number of carbonyl (C=O) groups is 2. The monoisotopic (exact) mass is 768 g/mol. The van der Waals surface area contributed by atoms with Crippen molar-refractivity contribution in [3.63, 3.8) is 0 Å². The van der Waals surface area contributed by atoms with Crippen molar-refractivity contribution in [3.8, 4) is 22.3 Å². The number of aromatic carboxylic acids is 2. The quantitative estimate of drug-likeness (QED) is 0.0970. The van der Waals surface area contributed by atoms with Crippen LogP contribution in [0.3, 0.4) is 0 Å². The zero-order valence-corrected chi connectivity index (χ0v) is 32.5. The average molecular weight is 769 g/mol. The molecule has 4 aliphatic rings. The largest absolute Gasteiger partial charge is 0.478 e. The summed E-state index contributed by atoms with van der Waals surface area (Å²) in [7, 11) is 0. The summed E-state index contributed by atoms with van der Waals surface area (Å²) in [5.41, 5.74) is 15.9. The van der Waals surface area contributed by atoms with Crippen LogP contribution in [0, 0.1) is 0 Å². The molecule has 2 aliphatic carbocycles. The lowest BCUT2D eigenvalue weighted by Gasteiger charge is -2.14. The van der Waals surface area contributed by atoms with Crippen molar-refractivity contribution in [1.82, 2.24) is 20.6 Å². The molecule has 0 bridgehead atoms. The third-order valence-electron chi connectivity index (χ3n) is 12.4. The van der Waals surface area contributed by atoms with E-state index < -0.39 is 11.9 Å². The second-order valence-electron chi connectivity index (χ2n) is 16.2. The second-order valence-corrected chi connectivity index (χ2v) is 16.2. The molecule has 0 saturated heterocycles. The summed E-state index contributed by atoms with van der Waals surface area (Å²) in [4.78, 5) is 31.1. The maximum Gasteiger partial charge on any atom is 0.336 e. The van der Waals surface area contributed by atoms with Crippen LogP contribution in [0.5, 0.6) is 0 Å². The van der Waals surface area contributed by atoms with Gasteiger partial charge in [-0.3, -0.25) is 9.97 Å². The molecule has 2 fully saturated rings. The van der Waals surface area contributed by atoms with Gasteiger partial charge in [0.05, 0.1) is 11.1 Å². The smallest absolute Gasteiger partial charge is 0.336 e.